The fourth-order valence-corrected chi connectivity index (χ4v) is 7.58. The van der Waals surface area contributed by atoms with Gasteiger partial charge >= 0.3 is 18.1 Å². The molecule has 0 saturated carbocycles. The van der Waals surface area contributed by atoms with Crippen LogP contribution in [0.3, 0.4) is 0 Å². The molecule has 60 heavy (non-hydrogen) atoms. The van der Waals surface area contributed by atoms with E-state index in [1.54, 1.807) is 35.0 Å². The number of urea groups is 1. The largest absolute Gasteiger partial charge is 0.479 e. The van der Waals surface area contributed by atoms with Crippen LogP contribution in [-0.4, -0.2) is 112 Å². The Morgan fingerprint density at radius 1 is 0.900 bits per heavy atom. The molecule has 3 atom stereocenters. The second-order valence-electron chi connectivity index (χ2n) is 14.6. The van der Waals surface area contributed by atoms with E-state index in [2.05, 4.69) is 44.7 Å². The second kappa shape index (κ2) is 26.1. The third-order valence-electron chi connectivity index (χ3n) is 9.46. The Labute approximate surface area is 370 Å². The van der Waals surface area contributed by atoms with Crippen LogP contribution in [0.5, 0.6) is 0 Å². The van der Waals surface area contributed by atoms with Crippen molar-refractivity contribution in [2.75, 3.05) is 39.9 Å². The van der Waals surface area contributed by atoms with Gasteiger partial charge in [0.05, 0.1) is 40.8 Å². The van der Waals surface area contributed by atoms with Crippen LogP contribution < -0.4 is 16.0 Å². The Kier molecular flexibility index (Phi) is 21.0. The van der Waals surface area contributed by atoms with Crippen molar-refractivity contribution in [3.05, 3.63) is 104 Å². The molecular weight excluding hydrogens is 850 g/mol. The summed E-state index contributed by atoms with van der Waals surface area (Å²) in [7, 11) is 1.72. The number of alkyl carbamates (subject to hydrolysis) is 1. The zero-order valence-corrected chi connectivity index (χ0v) is 37.3. The average molecular weight is 905 g/mol. The highest BCUT2D eigenvalue weighted by Crippen LogP contribution is 2.20. The minimum atomic E-state index is -1.29. The van der Waals surface area contributed by atoms with Crippen molar-refractivity contribution in [3.8, 4) is 0 Å². The molecule has 4 amide bonds. The van der Waals surface area contributed by atoms with Crippen LogP contribution in [0.1, 0.15) is 65.7 Å². The molecule has 0 radical (unpaired) electrons. The highest BCUT2D eigenvalue weighted by molar-refractivity contribution is 7.09. The van der Waals surface area contributed by atoms with Gasteiger partial charge in [0.1, 0.15) is 12.6 Å². The summed E-state index contributed by atoms with van der Waals surface area (Å²) in [6.07, 6.45) is 4.00. The van der Waals surface area contributed by atoms with Gasteiger partial charge < -0.3 is 35.4 Å². The fourth-order valence-electron chi connectivity index (χ4n) is 6.25. The third kappa shape index (κ3) is 18.1. The Balaban J connectivity index is 0.00000123. The van der Waals surface area contributed by atoms with Crippen molar-refractivity contribution in [2.24, 2.45) is 0 Å². The molecule has 0 bridgehead atoms. The number of benzene rings is 2. The van der Waals surface area contributed by atoms with E-state index in [1.165, 1.54) is 11.3 Å². The number of carbonyl (C=O) groups excluding carboxylic acids is 3. The summed E-state index contributed by atoms with van der Waals surface area (Å²) in [6, 6.07) is 18.4. The first kappa shape index (κ1) is 48.3. The molecule has 326 valence electrons. The molecule has 18 heteroatoms. The topological polar surface area (TPSA) is 175 Å². The van der Waals surface area contributed by atoms with Gasteiger partial charge in [0.15, 0.2) is 0 Å². The Morgan fingerprint density at radius 3 is 2.03 bits per heavy atom. The number of aromatic nitrogens is 2. The molecule has 1 aliphatic rings. The van der Waals surface area contributed by atoms with Gasteiger partial charge in [0.2, 0.25) is 10.7 Å². The zero-order valence-electron chi connectivity index (χ0n) is 34.1. The molecule has 5 rings (SSSR count). The van der Waals surface area contributed by atoms with Crippen LogP contribution in [-0.2, 0) is 45.1 Å². The second-order valence-corrected chi connectivity index (χ2v) is 17.6. The minimum Gasteiger partial charge on any atom is -0.479 e. The number of aliphatic carboxylic acids is 1. The first-order valence-corrected chi connectivity index (χ1v) is 22.4. The maximum Gasteiger partial charge on any atom is 0.407 e. The molecule has 14 nitrogen and oxygen atoms in total. The van der Waals surface area contributed by atoms with Gasteiger partial charge in [-0.25, -0.2) is 19.4 Å². The number of thiazole rings is 2. The molecule has 3 unspecified atom stereocenters. The summed E-state index contributed by atoms with van der Waals surface area (Å²) < 4.78 is 11.1. The van der Waals surface area contributed by atoms with Crippen LogP contribution in [0, 0.1) is 0 Å². The van der Waals surface area contributed by atoms with Gasteiger partial charge in [-0.1, -0.05) is 97.7 Å². The molecular formula is C42H55Cl2N7O7S2. The maximum atomic E-state index is 14.2. The standard InChI is InChI=1S/C40H53N7O5S2.C2H2Cl2O2/c1-29(2)38-43-34(27-53-38)25-46(3)39(49)45-36(16-17-47-18-20-51-21-19-47)37(48)42-32(22-30-10-6-4-7-11-30)14-15-33(23-31-12-8-5-9-13-31)44-40(50)52-26-35-24-41-28-54-35;3-1(4)2(5)6/h4-13,24,27-29,32-33,36H,14-23,25-26H2,1-3H3,(H,42,48)(H,44,50)(H,45,49);1H,(H,5,6). The number of alkyl halides is 2. The summed E-state index contributed by atoms with van der Waals surface area (Å²) in [4.78, 5) is 62.4. The number of nitrogens with zero attached hydrogens (tertiary/aromatic N) is 4. The van der Waals surface area contributed by atoms with Crippen molar-refractivity contribution < 1.29 is 33.8 Å². The number of carbonyl (C=O) groups is 4. The first-order chi connectivity index (χ1) is 28.9. The molecule has 1 aliphatic heterocycles. The van der Waals surface area contributed by atoms with Gasteiger partial charge in [-0.05, 0) is 43.2 Å². The molecule has 1 saturated heterocycles. The molecule has 1 fully saturated rings. The number of ether oxygens (including phenoxy) is 2. The lowest BCUT2D eigenvalue weighted by Gasteiger charge is -2.30. The van der Waals surface area contributed by atoms with Crippen LogP contribution in [0.25, 0.3) is 0 Å². The zero-order chi connectivity index (χ0) is 43.3. The molecule has 2 aromatic carbocycles. The van der Waals surface area contributed by atoms with Gasteiger partial charge in [0, 0.05) is 56.3 Å². The highest BCUT2D eigenvalue weighted by atomic mass is 35.5. The number of carboxylic acids is 1. The van der Waals surface area contributed by atoms with E-state index in [-0.39, 0.29) is 30.6 Å². The molecule has 4 N–H and O–H groups in total. The summed E-state index contributed by atoms with van der Waals surface area (Å²) in [6.45, 7) is 8.19. The number of amides is 4. The Bertz CT molecular complexity index is 1870. The monoisotopic (exact) mass is 903 g/mol. The number of hydrogen-bond donors (Lipinski definition) is 4. The summed E-state index contributed by atoms with van der Waals surface area (Å²) in [5.41, 5.74) is 4.70. The van der Waals surface area contributed by atoms with Crippen molar-refractivity contribution in [1.82, 2.24) is 35.7 Å². The Hall–Kier alpha value is -4.32. The van der Waals surface area contributed by atoms with Gasteiger partial charge in [-0.2, -0.15) is 0 Å². The molecule has 2 aromatic heterocycles. The van der Waals surface area contributed by atoms with E-state index in [4.69, 9.17) is 37.8 Å². The van der Waals surface area contributed by atoms with Crippen molar-refractivity contribution >= 4 is 69.9 Å². The van der Waals surface area contributed by atoms with Crippen molar-refractivity contribution in [2.45, 2.75) is 88.0 Å². The van der Waals surface area contributed by atoms with Crippen LogP contribution in [0.15, 0.2) is 77.8 Å². The van der Waals surface area contributed by atoms with E-state index < -0.39 is 22.9 Å². The van der Waals surface area contributed by atoms with Gasteiger partial charge in [-0.15, -0.1) is 22.7 Å². The van der Waals surface area contributed by atoms with Crippen molar-refractivity contribution in [1.29, 1.82) is 0 Å². The lowest BCUT2D eigenvalue weighted by atomic mass is 9.95. The van der Waals surface area contributed by atoms with Crippen LogP contribution in [0.2, 0.25) is 0 Å². The van der Waals surface area contributed by atoms with E-state index in [0.29, 0.717) is 64.3 Å². The predicted molar refractivity (Wildman–Crippen MR) is 236 cm³/mol. The van der Waals surface area contributed by atoms with Gasteiger partial charge in [-0.3, -0.25) is 14.7 Å². The van der Waals surface area contributed by atoms with Crippen molar-refractivity contribution in [3.63, 3.8) is 0 Å². The van der Waals surface area contributed by atoms with E-state index >= 15 is 0 Å². The summed E-state index contributed by atoms with van der Waals surface area (Å²) in [5, 5.41) is 20.2. The Morgan fingerprint density at radius 2 is 1.50 bits per heavy atom. The number of carboxylic acid groups (broad SMARTS) is 1. The summed E-state index contributed by atoms with van der Waals surface area (Å²) >= 11 is 12.6. The SMILES string of the molecule is CC(C)c1nc(CN(C)C(=O)NC(CCN2CCOCC2)C(=O)NC(CCC(Cc2ccccc2)NC(=O)OCc2cncs2)Cc2ccccc2)cs1.O=C(O)C(Cl)Cl. The lowest BCUT2D eigenvalue weighted by molar-refractivity contribution is -0.135. The smallest absolute Gasteiger partial charge is 0.407 e. The molecule has 3 heterocycles. The van der Waals surface area contributed by atoms with E-state index in [9.17, 15) is 19.2 Å². The molecule has 0 spiro atoms. The first-order valence-electron chi connectivity index (χ1n) is 19.8. The van der Waals surface area contributed by atoms with Crippen LogP contribution >= 0.6 is 45.9 Å². The fraction of sp³-hybridized carbons (Fsp3) is 0.476. The van der Waals surface area contributed by atoms with E-state index in [1.807, 2.05) is 66.0 Å². The van der Waals surface area contributed by atoms with Gasteiger partial charge in [0.25, 0.3) is 0 Å². The highest BCUT2D eigenvalue weighted by Gasteiger charge is 2.27. The normalized spacial score (nSPS) is 14.3. The summed E-state index contributed by atoms with van der Waals surface area (Å²) in [5.74, 6) is -1.14. The number of halogens is 2. The number of hydrogen-bond acceptors (Lipinski definition) is 11. The maximum absolute atomic E-state index is 14.2. The lowest BCUT2D eigenvalue weighted by Crippen LogP contribution is -2.54. The molecule has 0 aliphatic carbocycles. The third-order valence-corrected chi connectivity index (χ3v) is 11.8. The minimum absolute atomic E-state index is 0.150. The predicted octanol–water partition coefficient (Wildman–Crippen LogP) is 6.88. The number of rotatable bonds is 20. The molecule has 4 aromatic rings. The quantitative estimate of drug-likeness (QED) is 0.0685. The number of morpholine rings is 1. The van der Waals surface area contributed by atoms with E-state index in [0.717, 1.165) is 39.8 Å². The number of nitrogens with one attached hydrogen (secondary N) is 3. The average Bonchev–Trinajstić information content (AvgIpc) is 3.95. The van der Waals surface area contributed by atoms with Crippen LogP contribution in [0.4, 0.5) is 9.59 Å².